The van der Waals surface area contributed by atoms with Gasteiger partial charge in [-0.05, 0) is 65.9 Å². The predicted octanol–water partition coefficient (Wildman–Crippen LogP) is 6.35. The van der Waals surface area contributed by atoms with Gasteiger partial charge in [0.2, 0.25) is 0 Å². The SMILES string of the molecule is CCCCCOc1c(Br)cc(/C=C2\SC(=S)N(CCCC(=O)OCCC)C2=O)cc1OCC. The third-order valence-corrected chi connectivity index (χ3v) is 6.69. The van der Waals surface area contributed by atoms with Crippen LogP contribution in [0.25, 0.3) is 6.08 Å². The Balaban J connectivity index is 2.08. The highest BCUT2D eigenvalue weighted by molar-refractivity contribution is 9.10. The Hall–Kier alpha value is -1.58. The van der Waals surface area contributed by atoms with Crippen LogP contribution in [-0.2, 0) is 14.3 Å². The third-order valence-electron chi connectivity index (χ3n) is 4.73. The van der Waals surface area contributed by atoms with E-state index in [1.807, 2.05) is 32.1 Å². The van der Waals surface area contributed by atoms with Crippen LogP contribution in [0.2, 0.25) is 0 Å². The number of carbonyl (C=O) groups is 2. The molecule has 182 valence electrons. The summed E-state index contributed by atoms with van der Waals surface area (Å²) in [5.74, 6) is 0.910. The van der Waals surface area contributed by atoms with Crippen molar-refractivity contribution in [3.63, 3.8) is 0 Å². The molecule has 1 aromatic rings. The van der Waals surface area contributed by atoms with E-state index in [0.29, 0.717) is 53.5 Å². The maximum Gasteiger partial charge on any atom is 0.305 e. The van der Waals surface area contributed by atoms with E-state index in [4.69, 9.17) is 26.4 Å². The third kappa shape index (κ3) is 8.61. The van der Waals surface area contributed by atoms with Crippen LogP contribution < -0.4 is 9.47 Å². The molecule has 1 aromatic carbocycles. The molecule has 33 heavy (non-hydrogen) atoms. The van der Waals surface area contributed by atoms with Gasteiger partial charge in [-0.3, -0.25) is 14.5 Å². The van der Waals surface area contributed by atoms with Crippen LogP contribution in [0, 0.1) is 0 Å². The second kappa shape index (κ2) is 14.6. The molecule has 0 aliphatic carbocycles. The van der Waals surface area contributed by atoms with E-state index in [-0.39, 0.29) is 18.3 Å². The van der Waals surface area contributed by atoms with Crippen LogP contribution in [0.1, 0.15) is 64.9 Å². The Kier molecular flexibility index (Phi) is 12.3. The summed E-state index contributed by atoms with van der Waals surface area (Å²) < 4.78 is 18.1. The number of benzene rings is 1. The number of esters is 1. The van der Waals surface area contributed by atoms with E-state index >= 15 is 0 Å². The van der Waals surface area contributed by atoms with Gasteiger partial charge in [0, 0.05) is 13.0 Å². The number of hydrogen-bond donors (Lipinski definition) is 0. The second-order valence-corrected chi connectivity index (χ2v) is 10.0. The van der Waals surface area contributed by atoms with E-state index in [1.165, 1.54) is 11.8 Å². The number of unbranched alkanes of at least 4 members (excludes halogenated alkanes) is 2. The molecule has 1 saturated heterocycles. The highest BCUT2D eigenvalue weighted by Crippen LogP contribution is 2.39. The fraction of sp³-hybridized carbons (Fsp3) is 0.542. The molecular weight excluding hydrogens is 526 g/mol. The molecule has 1 aliphatic heterocycles. The lowest BCUT2D eigenvalue weighted by Crippen LogP contribution is -2.29. The molecule has 0 spiro atoms. The average Bonchev–Trinajstić information content (AvgIpc) is 3.04. The molecule has 1 amide bonds. The van der Waals surface area contributed by atoms with Crippen molar-refractivity contribution in [1.82, 2.24) is 4.90 Å². The number of nitrogens with zero attached hydrogens (tertiary/aromatic N) is 1. The summed E-state index contributed by atoms with van der Waals surface area (Å²) in [6.07, 6.45) is 6.59. The first-order chi connectivity index (χ1) is 15.9. The normalized spacial score (nSPS) is 14.8. The van der Waals surface area contributed by atoms with Gasteiger partial charge in [0.25, 0.3) is 5.91 Å². The van der Waals surface area contributed by atoms with E-state index < -0.39 is 0 Å². The predicted molar refractivity (Wildman–Crippen MR) is 141 cm³/mol. The van der Waals surface area contributed by atoms with Gasteiger partial charge in [0.05, 0.1) is 29.2 Å². The van der Waals surface area contributed by atoms with Crippen molar-refractivity contribution in [2.75, 3.05) is 26.4 Å². The maximum atomic E-state index is 12.9. The summed E-state index contributed by atoms with van der Waals surface area (Å²) in [4.78, 5) is 26.7. The number of amides is 1. The van der Waals surface area contributed by atoms with Gasteiger partial charge >= 0.3 is 5.97 Å². The fourth-order valence-corrected chi connectivity index (χ4v) is 5.00. The zero-order valence-electron chi connectivity index (χ0n) is 19.5. The van der Waals surface area contributed by atoms with Gasteiger partial charge in [0.15, 0.2) is 11.5 Å². The number of rotatable bonds is 14. The Morgan fingerprint density at radius 2 is 1.91 bits per heavy atom. The van der Waals surface area contributed by atoms with Crippen molar-refractivity contribution in [3.05, 3.63) is 27.1 Å². The first-order valence-corrected chi connectivity index (χ1v) is 13.4. The molecular formula is C24H32BrNO5S2. The lowest BCUT2D eigenvalue weighted by Gasteiger charge is -2.15. The number of hydrogen-bond acceptors (Lipinski definition) is 7. The molecule has 1 aliphatic rings. The molecule has 0 aromatic heterocycles. The van der Waals surface area contributed by atoms with Gasteiger partial charge < -0.3 is 14.2 Å². The number of thiocarbonyl (C=S) groups is 1. The standard InChI is InChI=1S/C24H32BrNO5S2/c1-4-7-8-13-31-22-18(25)14-17(15-19(22)29-6-3)16-20-23(28)26(24(32)33-20)11-9-10-21(27)30-12-5-2/h14-16H,4-13H2,1-3H3/b20-16-. The van der Waals surface area contributed by atoms with Crippen LogP contribution in [0.4, 0.5) is 0 Å². The van der Waals surface area contributed by atoms with Crippen LogP contribution in [-0.4, -0.2) is 47.5 Å². The summed E-state index contributed by atoms with van der Waals surface area (Å²) in [6.45, 7) is 7.96. The summed E-state index contributed by atoms with van der Waals surface area (Å²) in [7, 11) is 0. The number of halogens is 1. The van der Waals surface area contributed by atoms with E-state index in [1.54, 1.807) is 4.90 Å². The van der Waals surface area contributed by atoms with E-state index in [0.717, 1.165) is 35.7 Å². The first kappa shape index (κ1) is 27.7. The summed E-state index contributed by atoms with van der Waals surface area (Å²) >= 11 is 10.2. The second-order valence-electron chi connectivity index (χ2n) is 7.48. The first-order valence-electron chi connectivity index (χ1n) is 11.4. The minimum atomic E-state index is -0.247. The quantitative estimate of drug-likeness (QED) is 0.114. The van der Waals surface area contributed by atoms with Crippen LogP contribution in [0.15, 0.2) is 21.5 Å². The molecule has 1 heterocycles. The highest BCUT2D eigenvalue weighted by Gasteiger charge is 2.31. The summed E-state index contributed by atoms with van der Waals surface area (Å²) in [5.41, 5.74) is 0.815. The number of ether oxygens (including phenoxy) is 3. The summed E-state index contributed by atoms with van der Waals surface area (Å²) in [5, 5.41) is 0. The van der Waals surface area contributed by atoms with Crippen molar-refractivity contribution >= 4 is 62.2 Å². The van der Waals surface area contributed by atoms with Gasteiger partial charge in [-0.25, -0.2) is 0 Å². The van der Waals surface area contributed by atoms with E-state index in [2.05, 4.69) is 22.9 Å². The molecule has 6 nitrogen and oxygen atoms in total. The molecule has 2 rings (SSSR count). The molecule has 0 N–H and O–H groups in total. The molecule has 0 unspecified atom stereocenters. The molecule has 0 radical (unpaired) electrons. The number of carbonyl (C=O) groups excluding carboxylic acids is 2. The largest absolute Gasteiger partial charge is 0.490 e. The van der Waals surface area contributed by atoms with Gasteiger partial charge in [-0.2, -0.15) is 0 Å². The van der Waals surface area contributed by atoms with Gasteiger partial charge in [-0.1, -0.05) is 50.7 Å². The summed E-state index contributed by atoms with van der Waals surface area (Å²) in [6, 6.07) is 3.79. The Labute approximate surface area is 214 Å². The van der Waals surface area contributed by atoms with Crippen molar-refractivity contribution in [3.8, 4) is 11.5 Å². The topological polar surface area (TPSA) is 65.1 Å². The lowest BCUT2D eigenvalue weighted by molar-refractivity contribution is -0.144. The Morgan fingerprint density at radius 1 is 1.12 bits per heavy atom. The zero-order chi connectivity index (χ0) is 24.2. The smallest absolute Gasteiger partial charge is 0.305 e. The molecule has 1 fully saturated rings. The van der Waals surface area contributed by atoms with Crippen LogP contribution in [0.3, 0.4) is 0 Å². The van der Waals surface area contributed by atoms with Gasteiger partial charge in [-0.15, -0.1) is 0 Å². The molecule has 0 bridgehead atoms. The fourth-order valence-electron chi connectivity index (χ4n) is 3.11. The minimum absolute atomic E-state index is 0.152. The maximum absolute atomic E-state index is 12.9. The zero-order valence-corrected chi connectivity index (χ0v) is 22.7. The monoisotopic (exact) mass is 557 g/mol. The van der Waals surface area contributed by atoms with Crippen molar-refractivity contribution in [2.24, 2.45) is 0 Å². The average molecular weight is 559 g/mol. The van der Waals surface area contributed by atoms with Crippen molar-refractivity contribution in [1.29, 1.82) is 0 Å². The van der Waals surface area contributed by atoms with E-state index in [9.17, 15) is 9.59 Å². The number of thioether (sulfide) groups is 1. The Bertz CT molecular complexity index is 875. The van der Waals surface area contributed by atoms with Crippen LogP contribution >= 0.6 is 39.9 Å². The Morgan fingerprint density at radius 3 is 2.61 bits per heavy atom. The minimum Gasteiger partial charge on any atom is -0.490 e. The lowest BCUT2D eigenvalue weighted by atomic mass is 10.1. The van der Waals surface area contributed by atoms with Gasteiger partial charge in [0.1, 0.15) is 4.32 Å². The highest BCUT2D eigenvalue weighted by atomic mass is 79.9. The molecule has 0 saturated carbocycles. The van der Waals surface area contributed by atoms with Crippen LogP contribution in [0.5, 0.6) is 11.5 Å². The molecule has 9 heteroatoms. The van der Waals surface area contributed by atoms with Crippen molar-refractivity contribution < 1.29 is 23.8 Å². The van der Waals surface area contributed by atoms with Crippen molar-refractivity contribution in [2.45, 2.75) is 59.3 Å². The molecule has 0 atom stereocenters.